The van der Waals surface area contributed by atoms with Crippen LogP contribution in [0.3, 0.4) is 0 Å². The van der Waals surface area contributed by atoms with Gasteiger partial charge < -0.3 is 5.32 Å². The molecule has 0 saturated heterocycles. The van der Waals surface area contributed by atoms with Crippen LogP contribution in [-0.2, 0) is 0 Å². The SMILES string of the molecule is CNCC(CC1CCCCC1)c1ccccc1. The zero-order chi connectivity index (χ0) is 11.9. The topological polar surface area (TPSA) is 12.0 Å². The molecule has 1 N–H and O–H groups in total. The predicted molar refractivity (Wildman–Crippen MR) is 74.3 cm³/mol. The molecule has 0 aromatic heterocycles. The highest BCUT2D eigenvalue weighted by atomic mass is 14.8. The van der Waals surface area contributed by atoms with Crippen LogP contribution in [0.1, 0.15) is 50.0 Å². The summed E-state index contributed by atoms with van der Waals surface area (Å²) >= 11 is 0. The fourth-order valence-corrected chi connectivity index (χ4v) is 3.13. The third-order valence-corrected chi connectivity index (χ3v) is 4.06. The van der Waals surface area contributed by atoms with Gasteiger partial charge in [0.1, 0.15) is 0 Å². The number of hydrogen-bond acceptors (Lipinski definition) is 1. The van der Waals surface area contributed by atoms with Gasteiger partial charge in [0.05, 0.1) is 0 Å². The monoisotopic (exact) mass is 231 g/mol. The van der Waals surface area contributed by atoms with Crippen molar-refractivity contribution in [2.45, 2.75) is 44.4 Å². The van der Waals surface area contributed by atoms with E-state index in [1.807, 2.05) is 0 Å². The summed E-state index contributed by atoms with van der Waals surface area (Å²) in [4.78, 5) is 0. The summed E-state index contributed by atoms with van der Waals surface area (Å²) in [7, 11) is 2.07. The van der Waals surface area contributed by atoms with Crippen molar-refractivity contribution >= 4 is 0 Å². The molecule has 0 spiro atoms. The lowest BCUT2D eigenvalue weighted by molar-refractivity contribution is 0.315. The van der Waals surface area contributed by atoms with E-state index in [4.69, 9.17) is 0 Å². The van der Waals surface area contributed by atoms with E-state index in [9.17, 15) is 0 Å². The number of rotatable bonds is 5. The predicted octanol–water partition coefficient (Wildman–Crippen LogP) is 3.96. The largest absolute Gasteiger partial charge is 0.319 e. The number of benzene rings is 1. The number of likely N-dealkylation sites (N-methyl/N-ethyl adjacent to an activating group) is 1. The number of hydrogen-bond donors (Lipinski definition) is 1. The molecule has 0 bridgehead atoms. The first-order valence-corrected chi connectivity index (χ1v) is 7.09. The maximum Gasteiger partial charge on any atom is 0.00172 e. The van der Waals surface area contributed by atoms with Crippen LogP contribution in [0.5, 0.6) is 0 Å². The van der Waals surface area contributed by atoms with E-state index < -0.39 is 0 Å². The van der Waals surface area contributed by atoms with E-state index in [0.29, 0.717) is 5.92 Å². The van der Waals surface area contributed by atoms with Gasteiger partial charge in [-0.3, -0.25) is 0 Å². The fourth-order valence-electron chi connectivity index (χ4n) is 3.13. The van der Waals surface area contributed by atoms with Crippen LogP contribution in [-0.4, -0.2) is 13.6 Å². The molecular weight excluding hydrogens is 206 g/mol. The summed E-state index contributed by atoms with van der Waals surface area (Å²) in [5.74, 6) is 1.66. The summed E-state index contributed by atoms with van der Waals surface area (Å²) in [6.07, 6.45) is 8.63. The van der Waals surface area contributed by atoms with Crippen LogP contribution in [0.4, 0.5) is 0 Å². The van der Waals surface area contributed by atoms with Gasteiger partial charge in [0, 0.05) is 6.54 Å². The molecule has 0 aliphatic heterocycles. The van der Waals surface area contributed by atoms with Gasteiger partial charge in [-0.25, -0.2) is 0 Å². The molecule has 1 fully saturated rings. The van der Waals surface area contributed by atoms with Gasteiger partial charge in [-0.05, 0) is 30.9 Å². The molecule has 1 aromatic rings. The van der Waals surface area contributed by atoms with Gasteiger partial charge in [0.25, 0.3) is 0 Å². The standard InChI is InChI=1S/C16H25N/c1-17-13-16(15-10-6-3-7-11-15)12-14-8-4-2-5-9-14/h3,6-7,10-11,14,16-17H,2,4-5,8-9,12-13H2,1H3. The highest BCUT2D eigenvalue weighted by Gasteiger charge is 2.19. The smallest absolute Gasteiger partial charge is 0.00172 e. The van der Waals surface area contributed by atoms with Crippen molar-refractivity contribution in [3.8, 4) is 0 Å². The lowest BCUT2D eigenvalue weighted by Crippen LogP contribution is -2.21. The van der Waals surface area contributed by atoms with Crippen molar-refractivity contribution in [2.75, 3.05) is 13.6 Å². The Morgan fingerprint density at radius 2 is 1.82 bits per heavy atom. The first-order valence-electron chi connectivity index (χ1n) is 7.09. The molecule has 17 heavy (non-hydrogen) atoms. The molecule has 0 heterocycles. The zero-order valence-corrected chi connectivity index (χ0v) is 11.0. The molecule has 1 unspecified atom stereocenters. The van der Waals surface area contributed by atoms with Gasteiger partial charge in [-0.2, -0.15) is 0 Å². The molecule has 1 aromatic carbocycles. The Bertz CT molecular complexity index is 301. The highest BCUT2D eigenvalue weighted by Crippen LogP contribution is 2.32. The van der Waals surface area contributed by atoms with E-state index in [2.05, 4.69) is 42.7 Å². The Morgan fingerprint density at radius 3 is 2.47 bits per heavy atom. The summed E-state index contributed by atoms with van der Waals surface area (Å²) < 4.78 is 0. The normalized spacial score (nSPS) is 19.1. The second-order valence-corrected chi connectivity index (χ2v) is 5.41. The Hall–Kier alpha value is -0.820. The van der Waals surface area contributed by atoms with Crippen LogP contribution < -0.4 is 5.32 Å². The summed E-state index contributed by atoms with van der Waals surface area (Å²) in [6.45, 7) is 1.11. The van der Waals surface area contributed by atoms with Crippen LogP contribution in [0.15, 0.2) is 30.3 Å². The van der Waals surface area contributed by atoms with Crippen LogP contribution in [0.2, 0.25) is 0 Å². The van der Waals surface area contributed by atoms with Crippen LogP contribution >= 0.6 is 0 Å². The Balaban J connectivity index is 1.96. The Kier molecular flexibility index (Phi) is 5.06. The lowest BCUT2D eigenvalue weighted by atomic mass is 9.80. The second kappa shape index (κ2) is 6.80. The lowest BCUT2D eigenvalue weighted by Gasteiger charge is -2.26. The van der Waals surface area contributed by atoms with Crippen molar-refractivity contribution in [3.63, 3.8) is 0 Å². The molecule has 94 valence electrons. The first kappa shape index (κ1) is 12.6. The van der Waals surface area contributed by atoms with E-state index >= 15 is 0 Å². The van der Waals surface area contributed by atoms with Crippen molar-refractivity contribution < 1.29 is 0 Å². The van der Waals surface area contributed by atoms with E-state index in [1.165, 1.54) is 44.1 Å². The maximum absolute atomic E-state index is 3.36. The molecule has 1 aliphatic carbocycles. The molecule has 1 heteroatoms. The zero-order valence-electron chi connectivity index (χ0n) is 11.0. The van der Waals surface area contributed by atoms with Crippen LogP contribution in [0.25, 0.3) is 0 Å². The molecule has 1 aliphatic rings. The van der Waals surface area contributed by atoms with Gasteiger partial charge in [-0.15, -0.1) is 0 Å². The molecule has 2 rings (SSSR count). The minimum atomic E-state index is 0.698. The highest BCUT2D eigenvalue weighted by molar-refractivity contribution is 5.20. The van der Waals surface area contributed by atoms with E-state index in [-0.39, 0.29) is 0 Å². The van der Waals surface area contributed by atoms with Crippen molar-refractivity contribution in [3.05, 3.63) is 35.9 Å². The van der Waals surface area contributed by atoms with Crippen LogP contribution in [0, 0.1) is 5.92 Å². The third-order valence-electron chi connectivity index (χ3n) is 4.06. The number of nitrogens with one attached hydrogen (secondary N) is 1. The second-order valence-electron chi connectivity index (χ2n) is 5.41. The quantitative estimate of drug-likeness (QED) is 0.809. The van der Waals surface area contributed by atoms with Gasteiger partial charge in [-0.1, -0.05) is 62.4 Å². The summed E-state index contributed by atoms with van der Waals surface area (Å²) in [5.41, 5.74) is 1.51. The Morgan fingerprint density at radius 1 is 1.12 bits per heavy atom. The van der Waals surface area contributed by atoms with Crippen molar-refractivity contribution in [2.24, 2.45) is 5.92 Å². The van der Waals surface area contributed by atoms with Crippen molar-refractivity contribution in [1.29, 1.82) is 0 Å². The average molecular weight is 231 g/mol. The minimum Gasteiger partial charge on any atom is -0.319 e. The van der Waals surface area contributed by atoms with Gasteiger partial charge in [0.15, 0.2) is 0 Å². The van der Waals surface area contributed by atoms with E-state index in [1.54, 1.807) is 0 Å². The average Bonchev–Trinajstić information content (AvgIpc) is 2.40. The van der Waals surface area contributed by atoms with Crippen molar-refractivity contribution in [1.82, 2.24) is 5.32 Å². The van der Waals surface area contributed by atoms with E-state index in [0.717, 1.165) is 12.5 Å². The molecular formula is C16H25N. The van der Waals surface area contributed by atoms with Gasteiger partial charge >= 0.3 is 0 Å². The fraction of sp³-hybridized carbons (Fsp3) is 0.625. The molecule has 0 amide bonds. The summed E-state index contributed by atoms with van der Waals surface area (Å²) in [5, 5.41) is 3.36. The molecule has 1 atom stereocenters. The molecule has 1 saturated carbocycles. The molecule has 1 nitrogen and oxygen atoms in total. The maximum atomic E-state index is 3.36. The van der Waals surface area contributed by atoms with Gasteiger partial charge in [0.2, 0.25) is 0 Å². The first-order chi connectivity index (χ1) is 8.40. The summed E-state index contributed by atoms with van der Waals surface area (Å²) in [6, 6.07) is 11.0. The molecule has 0 radical (unpaired) electrons. The minimum absolute atomic E-state index is 0.698. The third kappa shape index (κ3) is 3.85. The Labute approximate surface area is 106 Å².